The van der Waals surface area contributed by atoms with E-state index in [-0.39, 0.29) is 41.5 Å². The van der Waals surface area contributed by atoms with Crippen molar-refractivity contribution in [1.82, 2.24) is 9.55 Å². The summed E-state index contributed by atoms with van der Waals surface area (Å²) in [6.45, 7) is 1.87. The van der Waals surface area contributed by atoms with Gasteiger partial charge in [0.2, 0.25) is 0 Å². The maximum absolute atomic E-state index is 11.7. The number of carbonyl (C=O) groups excluding carboxylic acids is 1. The van der Waals surface area contributed by atoms with Gasteiger partial charge in [-0.2, -0.15) is 15.8 Å². The fourth-order valence-electron chi connectivity index (χ4n) is 1.86. The van der Waals surface area contributed by atoms with Crippen LogP contribution in [0.5, 0.6) is 0 Å². The molecule has 0 unspecified atom stereocenters. The highest BCUT2D eigenvalue weighted by Gasteiger charge is 2.32. The Morgan fingerprint density at radius 2 is 2.11 bits per heavy atom. The molecule has 0 bridgehead atoms. The molecule has 1 aromatic heterocycles. The summed E-state index contributed by atoms with van der Waals surface area (Å²) >= 11 is 0. The van der Waals surface area contributed by atoms with Crippen molar-refractivity contribution in [2.45, 2.75) is 13.5 Å². The minimum atomic E-state index is -0.605. The summed E-state index contributed by atoms with van der Waals surface area (Å²) in [6, 6.07) is 5.51. The van der Waals surface area contributed by atoms with E-state index in [1.807, 2.05) is 12.1 Å². The number of hydrogen-bond donors (Lipinski definition) is 0. The lowest BCUT2D eigenvalue weighted by Crippen LogP contribution is -2.11. The van der Waals surface area contributed by atoms with Crippen molar-refractivity contribution in [3.8, 4) is 18.2 Å². The first-order chi connectivity index (χ1) is 9.17. The molecule has 2 heterocycles. The number of nitriles is 3. The van der Waals surface area contributed by atoms with E-state index in [1.54, 1.807) is 13.0 Å². The Labute approximate surface area is 108 Å². The van der Waals surface area contributed by atoms with Crippen molar-refractivity contribution in [1.29, 1.82) is 15.8 Å². The van der Waals surface area contributed by atoms with E-state index < -0.39 is 5.97 Å². The topological polar surface area (TPSA) is 115 Å². The minimum absolute atomic E-state index is 0.0225. The first-order valence-electron chi connectivity index (χ1n) is 5.39. The van der Waals surface area contributed by atoms with Gasteiger partial charge >= 0.3 is 5.97 Å². The molecular formula is C12H7N5O2. The molecule has 1 aromatic rings. The van der Waals surface area contributed by atoms with E-state index in [0.29, 0.717) is 0 Å². The first kappa shape index (κ1) is 12.3. The van der Waals surface area contributed by atoms with Gasteiger partial charge in [0.15, 0.2) is 17.2 Å². The normalized spacial score (nSPS) is 12.3. The van der Waals surface area contributed by atoms with E-state index in [9.17, 15) is 4.79 Å². The second-order valence-electron chi connectivity index (χ2n) is 3.63. The molecule has 0 radical (unpaired) electrons. The maximum atomic E-state index is 11.7. The van der Waals surface area contributed by atoms with E-state index in [0.717, 1.165) is 0 Å². The molecule has 2 rings (SSSR count). The monoisotopic (exact) mass is 253 g/mol. The highest BCUT2D eigenvalue weighted by atomic mass is 16.5. The van der Waals surface area contributed by atoms with Crippen LogP contribution in [0.25, 0.3) is 5.57 Å². The molecular weight excluding hydrogens is 246 g/mol. The summed E-state index contributed by atoms with van der Waals surface area (Å²) in [4.78, 5) is 15.6. The van der Waals surface area contributed by atoms with Crippen LogP contribution in [0, 0.1) is 34.0 Å². The summed E-state index contributed by atoms with van der Waals surface area (Å²) in [5, 5.41) is 27.0. The quantitative estimate of drug-likeness (QED) is 0.708. The molecule has 1 aliphatic heterocycles. The number of esters is 1. The zero-order valence-electron chi connectivity index (χ0n) is 9.97. The average molecular weight is 253 g/mol. The van der Waals surface area contributed by atoms with Gasteiger partial charge in [-0.25, -0.2) is 9.78 Å². The summed E-state index contributed by atoms with van der Waals surface area (Å²) in [7, 11) is 0. The van der Waals surface area contributed by atoms with Crippen LogP contribution >= 0.6 is 0 Å². The van der Waals surface area contributed by atoms with Crippen LogP contribution in [0.3, 0.4) is 0 Å². The number of fused-ring (bicyclic) bond motifs is 1. The number of rotatable bonds is 2. The second kappa shape index (κ2) is 4.64. The number of ether oxygens (including phenoxy) is 1. The van der Waals surface area contributed by atoms with Gasteiger partial charge < -0.3 is 9.30 Å². The van der Waals surface area contributed by atoms with Crippen LogP contribution in [0.2, 0.25) is 0 Å². The van der Waals surface area contributed by atoms with Gasteiger partial charge in [-0.15, -0.1) is 0 Å². The maximum Gasteiger partial charge on any atom is 0.337 e. The first-order valence-corrected chi connectivity index (χ1v) is 5.39. The lowest BCUT2D eigenvalue weighted by molar-refractivity contribution is -0.138. The third-order valence-corrected chi connectivity index (χ3v) is 2.65. The Bertz CT molecular complexity index is 721. The molecule has 0 fully saturated rings. The van der Waals surface area contributed by atoms with E-state index in [1.165, 1.54) is 4.57 Å². The number of carbonyl (C=O) groups is 1. The number of imidazole rings is 1. The highest BCUT2D eigenvalue weighted by molar-refractivity contribution is 6.01. The predicted octanol–water partition coefficient (Wildman–Crippen LogP) is 0.480. The van der Waals surface area contributed by atoms with Crippen LogP contribution in [0.1, 0.15) is 24.1 Å². The third-order valence-electron chi connectivity index (χ3n) is 2.65. The van der Waals surface area contributed by atoms with Crippen molar-refractivity contribution < 1.29 is 9.53 Å². The van der Waals surface area contributed by atoms with Crippen LogP contribution in [-0.4, -0.2) is 22.1 Å². The van der Waals surface area contributed by atoms with E-state index >= 15 is 0 Å². The molecule has 0 aliphatic carbocycles. The van der Waals surface area contributed by atoms with Gasteiger partial charge in [0.25, 0.3) is 0 Å². The van der Waals surface area contributed by atoms with Gasteiger partial charge in [-0.05, 0) is 6.92 Å². The Hall–Kier alpha value is -3.11. The zero-order chi connectivity index (χ0) is 14.0. The van der Waals surface area contributed by atoms with Crippen LogP contribution < -0.4 is 0 Å². The van der Waals surface area contributed by atoms with E-state index in [2.05, 4.69) is 4.98 Å². The molecule has 0 saturated carbocycles. The molecule has 7 nitrogen and oxygen atoms in total. The van der Waals surface area contributed by atoms with Crippen molar-refractivity contribution in [3.63, 3.8) is 0 Å². The Balaban J connectivity index is 2.57. The molecule has 0 amide bonds. The standard InChI is InChI=1S/C12H7N5O2/c1-2-19-12(18)8-6-17-10(5-15)9(4-14)16-11(17)7(8)3-13/h2,6H2,1H3. The number of aromatic nitrogens is 2. The fraction of sp³-hybridized carbons (Fsp3) is 0.250. The van der Waals surface area contributed by atoms with Gasteiger partial charge in [-0.3, -0.25) is 0 Å². The lowest BCUT2D eigenvalue weighted by atomic mass is 10.1. The molecule has 0 N–H and O–H groups in total. The smallest absolute Gasteiger partial charge is 0.337 e. The van der Waals surface area contributed by atoms with Crippen LogP contribution in [0.4, 0.5) is 0 Å². The second-order valence-corrected chi connectivity index (χ2v) is 3.63. The number of nitrogens with zero attached hydrogens (tertiary/aromatic N) is 5. The minimum Gasteiger partial charge on any atom is -0.463 e. The number of allylic oxidation sites excluding steroid dienone is 1. The Morgan fingerprint density at radius 3 is 2.63 bits per heavy atom. The van der Waals surface area contributed by atoms with Gasteiger partial charge in [0.1, 0.15) is 23.8 Å². The van der Waals surface area contributed by atoms with Gasteiger partial charge in [0, 0.05) is 0 Å². The summed E-state index contributed by atoms with van der Waals surface area (Å²) in [5.74, 6) is -0.439. The predicted molar refractivity (Wildman–Crippen MR) is 60.8 cm³/mol. The average Bonchev–Trinajstić information content (AvgIpc) is 2.92. The molecule has 0 aromatic carbocycles. The van der Waals surface area contributed by atoms with E-state index in [4.69, 9.17) is 20.5 Å². The third kappa shape index (κ3) is 1.72. The SMILES string of the molecule is CCOC(=O)C1=C(C#N)c2nc(C#N)c(C#N)n2C1. The Morgan fingerprint density at radius 1 is 1.37 bits per heavy atom. The molecule has 0 atom stereocenters. The van der Waals surface area contributed by atoms with Crippen molar-refractivity contribution in [3.05, 3.63) is 22.8 Å². The van der Waals surface area contributed by atoms with Crippen molar-refractivity contribution in [2.24, 2.45) is 0 Å². The molecule has 7 heteroatoms. The number of hydrogen-bond acceptors (Lipinski definition) is 6. The lowest BCUT2D eigenvalue weighted by Gasteiger charge is -2.03. The molecule has 1 aliphatic rings. The largest absolute Gasteiger partial charge is 0.463 e. The molecule has 92 valence electrons. The van der Waals surface area contributed by atoms with Crippen molar-refractivity contribution >= 4 is 11.5 Å². The Kier molecular flexibility index (Phi) is 3.01. The molecule has 0 spiro atoms. The molecule has 19 heavy (non-hydrogen) atoms. The van der Waals surface area contributed by atoms with Gasteiger partial charge in [0.05, 0.1) is 18.7 Å². The molecule has 0 saturated heterocycles. The summed E-state index contributed by atoms with van der Waals surface area (Å²) in [5.41, 5.74) is 0.210. The fourth-order valence-corrected chi connectivity index (χ4v) is 1.86. The summed E-state index contributed by atoms with van der Waals surface area (Å²) in [6.07, 6.45) is 0. The van der Waals surface area contributed by atoms with Gasteiger partial charge in [-0.1, -0.05) is 0 Å². The zero-order valence-corrected chi connectivity index (χ0v) is 9.97. The van der Waals surface area contributed by atoms with Crippen molar-refractivity contribution in [2.75, 3.05) is 6.61 Å². The van der Waals surface area contributed by atoms with Crippen LogP contribution in [0.15, 0.2) is 5.57 Å². The summed E-state index contributed by atoms with van der Waals surface area (Å²) < 4.78 is 6.23. The highest BCUT2D eigenvalue weighted by Crippen LogP contribution is 2.29. The van der Waals surface area contributed by atoms with Crippen LogP contribution in [-0.2, 0) is 16.1 Å².